The third-order valence-electron chi connectivity index (χ3n) is 7.85. The summed E-state index contributed by atoms with van der Waals surface area (Å²) in [5, 5.41) is 10.7. The number of amides is 1. The maximum Gasteiger partial charge on any atom is 0.337 e. The highest BCUT2D eigenvalue weighted by atomic mass is 32.1. The molecule has 2 aliphatic rings. The highest BCUT2D eigenvalue weighted by molar-refractivity contribution is 7.13. The standard InChI is InChI=1S/C30H40F2N2O6S/c1-20-5-7-21(8-6-20)28(35)34(22(17-38-2)18-39-3)26-11-9-23(15-25(26)29(36)37)40-27-12-10-24(41-27)16-33-14-4-13-30(31,32)19-33/h9-12,15,20-22H,4-8,13-14,16-19H2,1-3H3,(H,36,37)/t20-,21-. The lowest BCUT2D eigenvalue weighted by atomic mass is 9.82. The normalized spacial score (nSPS) is 21.1. The zero-order valence-corrected chi connectivity index (χ0v) is 24.8. The van der Waals surface area contributed by atoms with Crippen LogP contribution in [0.25, 0.3) is 0 Å². The molecule has 4 rings (SSSR count). The molecule has 0 atom stereocenters. The fraction of sp³-hybridized carbons (Fsp3) is 0.600. The second-order valence-electron chi connectivity index (χ2n) is 11.2. The summed E-state index contributed by atoms with van der Waals surface area (Å²) in [7, 11) is 3.07. The summed E-state index contributed by atoms with van der Waals surface area (Å²) in [4.78, 5) is 30.5. The van der Waals surface area contributed by atoms with E-state index in [1.54, 1.807) is 28.0 Å². The molecule has 1 aromatic carbocycles. The van der Waals surface area contributed by atoms with Gasteiger partial charge in [-0.1, -0.05) is 6.92 Å². The van der Waals surface area contributed by atoms with E-state index in [4.69, 9.17) is 14.2 Å². The zero-order chi connectivity index (χ0) is 29.6. The predicted octanol–water partition coefficient (Wildman–Crippen LogP) is 6.29. The van der Waals surface area contributed by atoms with Gasteiger partial charge in [0.05, 0.1) is 37.1 Å². The Morgan fingerprint density at radius 3 is 2.46 bits per heavy atom. The molecule has 0 unspecified atom stereocenters. The molecule has 2 aromatic rings. The van der Waals surface area contributed by atoms with Crippen LogP contribution in [-0.2, 0) is 20.8 Å². The Morgan fingerprint density at radius 1 is 1.12 bits per heavy atom. The molecule has 2 heterocycles. The Hall–Kier alpha value is -2.60. The molecule has 0 bridgehead atoms. The van der Waals surface area contributed by atoms with Gasteiger partial charge in [0, 0.05) is 38.0 Å². The van der Waals surface area contributed by atoms with E-state index in [2.05, 4.69) is 6.92 Å². The van der Waals surface area contributed by atoms with Crippen LogP contribution in [-0.4, -0.2) is 74.4 Å². The number of carbonyl (C=O) groups is 2. The molecule has 1 saturated carbocycles. The summed E-state index contributed by atoms with van der Waals surface area (Å²) in [6.07, 6.45) is 3.78. The SMILES string of the molecule is COCC(COC)N(c1ccc(Oc2ccc(CN3CCCC(F)(F)C3)s2)cc1C(=O)O)C(=O)[C@H]1CC[C@H](C)CC1. The van der Waals surface area contributed by atoms with Crippen LogP contribution in [0.15, 0.2) is 30.3 Å². The minimum atomic E-state index is -2.67. The van der Waals surface area contributed by atoms with Crippen molar-refractivity contribution in [2.45, 2.75) is 64.0 Å². The van der Waals surface area contributed by atoms with Crippen LogP contribution < -0.4 is 9.64 Å². The summed E-state index contributed by atoms with van der Waals surface area (Å²) in [5.74, 6) is -3.32. The van der Waals surface area contributed by atoms with E-state index in [-0.39, 0.29) is 49.3 Å². The van der Waals surface area contributed by atoms with Crippen molar-refractivity contribution in [3.63, 3.8) is 0 Å². The van der Waals surface area contributed by atoms with E-state index in [9.17, 15) is 23.5 Å². The number of thiophene rings is 1. The second-order valence-corrected chi connectivity index (χ2v) is 12.3. The lowest BCUT2D eigenvalue weighted by Crippen LogP contribution is -2.49. The minimum Gasteiger partial charge on any atom is -0.478 e. The first-order chi connectivity index (χ1) is 19.6. The van der Waals surface area contributed by atoms with Gasteiger partial charge >= 0.3 is 5.97 Å². The van der Waals surface area contributed by atoms with Crippen LogP contribution in [0.3, 0.4) is 0 Å². The molecule has 11 heteroatoms. The number of aromatic carboxylic acids is 1. The number of methoxy groups -OCH3 is 2. The van der Waals surface area contributed by atoms with Crippen molar-refractivity contribution in [3.05, 3.63) is 40.8 Å². The zero-order valence-electron chi connectivity index (χ0n) is 23.9. The molecule has 226 valence electrons. The Balaban J connectivity index is 1.57. The largest absolute Gasteiger partial charge is 0.478 e. The smallest absolute Gasteiger partial charge is 0.337 e. The van der Waals surface area contributed by atoms with Gasteiger partial charge in [-0.05, 0) is 74.9 Å². The van der Waals surface area contributed by atoms with Crippen molar-refractivity contribution >= 4 is 28.9 Å². The van der Waals surface area contributed by atoms with Gasteiger partial charge in [-0.25, -0.2) is 13.6 Å². The molecule has 0 spiro atoms. The molecule has 41 heavy (non-hydrogen) atoms. The fourth-order valence-corrected chi connectivity index (χ4v) is 6.67. The molecule has 1 amide bonds. The van der Waals surface area contributed by atoms with Crippen molar-refractivity contribution in [2.24, 2.45) is 11.8 Å². The highest BCUT2D eigenvalue weighted by Gasteiger charge is 2.36. The van der Waals surface area contributed by atoms with Crippen LogP contribution >= 0.6 is 11.3 Å². The van der Waals surface area contributed by atoms with Gasteiger partial charge in [0.1, 0.15) is 5.75 Å². The van der Waals surface area contributed by atoms with Gasteiger partial charge in [0.25, 0.3) is 5.92 Å². The van der Waals surface area contributed by atoms with E-state index in [0.29, 0.717) is 36.2 Å². The molecule has 0 radical (unpaired) electrons. The first-order valence-electron chi connectivity index (χ1n) is 14.1. The molecule has 1 saturated heterocycles. The number of nitrogens with zero attached hydrogens (tertiary/aromatic N) is 2. The van der Waals surface area contributed by atoms with Crippen LogP contribution in [0.2, 0.25) is 0 Å². The number of piperidine rings is 1. The summed E-state index contributed by atoms with van der Waals surface area (Å²) in [5.41, 5.74) is 0.204. The number of hydrogen-bond acceptors (Lipinski definition) is 7. The third kappa shape index (κ3) is 8.24. The number of alkyl halides is 2. The molecular weight excluding hydrogens is 554 g/mol. The van der Waals surface area contributed by atoms with E-state index in [1.165, 1.54) is 31.6 Å². The number of anilines is 1. The Labute approximate surface area is 244 Å². The molecular formula is C30H40F2N2O6S. The number of ether oxygens (including phenoxy) is 3. The monoisotopic (exact) mass is 594 g/mol. The second kappa shape index (κ2) is 14.0. The molecule has 8 nitrogen and oxygen atoms in total. The van der Waals surface area contributed by atoms with Crippen molar-refractivity contribution < 1.29 is 37.7 Å². The number of carboxylic acids is 1. The van der Waals surface area contributed by atoms with Crippen molar-refractivity contribution in [3.8, 4) is 10.8 Å². The first-order valence-corrected chi connectivity index (χ1v) is 15.0. The number of hydrogen-bond donors (Lipinski definition) is 1. The number of carboxylic acid groups (broad SMARTS) is 1. The lowest BCUT2D eigenvalue weighted by Gasteiger charge is -2.36. The highest BCUT2D eigenvalue weighted by Crippen LogP contribution is 2.37. The van der Waals surface area contributed by atoms with Gasteiger partial charge < -0.3 is 24.2 Å². The summed E-state index contributed by atoms with van der Waals surface area (Å²) < 4.78 is 44.4. The maximum atomic E-state index is 13.9. The Kier molecular flexibility index (Phi) is 10.7. The van der Waals surface area contributed by atoms with Gasteiger partial charge in [0.2, 0.25) is 5.91 Å². The topological polar surface area (TPSA) is 88.5 Å². The summed E-state index contributed by atoms with van der Waals surface area (Å²) in [6.45, 7) is 3.31. The predicted molar refractivity (Wildman–Crippen MR) is 153 cm³/mol. The third-order valence-corrected chi connectivity index (χ3v) is 8.80. The van der Waals surface area contributed by atoms with Crippen LogP contribution in [0.1, 0.15) is 60.7 Å². The maximum absolute atomic E-state index is 13.9. The number of carbonyl (C=O) groups excluding carboxylic acids is 1. The van der Waals surface area contributed by atoms with Crippen LogP contribution in [0.5, 0.6) is 10.8 Å². The van der Waals surface area contributed by atoms with Crippen molar-refractivity contribution in [1.82, 2.24) is 4.90 Å². The van der Waals surface area contributed by atoms with Gasteiger partial charge in [-0.15, -0.1) is 11.3 Å². The number of halogens is 2. The van der Waals surface area contributed by atoms with E-state index < -0.39 is 17.9 Å². The van der Waals surface area contributed by atoms with Gasteiger partial charge in [-0.3, -0.25) is 9.69 Å². The van der Waals surface area contributed by atoms with E-state index in [1.807, 2.05) is 6.07 Å². The van der Waals surface area contributed by atoms with Crippen molar-refractivity contribution in [2.75, 3.05) is 45.4 Å². The average Bonchev–Trinajstić information content (AvgIpc) is 3.35. The van der Waals surface area contributed by atoms with Crippen molar-refractivity contribution in [1.29, 1.82) is 0 Å². The lowest BCUT2D eigenvalue weighted by molar-refractivity contribution is -0.124. The number of rotatable bonds is 12. The Morgan fingerprint density at radius 2 is 1.83 bits per heavy atom. The number of likely N-dealkylation sites (tertiary alicyclic amines) is 1. The average molecular weight is 595 g/mol. The molecule has 2 fully saturated rings. The number of benzene rings is 1. The van der Waals surface area contributed by atoms with Crippen LogP contribution in [0.4, 0.5) is 14.5 Å². The quantitative estimate of drug-likeness (QED) is 0.309. The van der Waals surface area contributed by atoms with Gasteiger partial charge in [-0.2, -0.15) is 0 Å². The molecule has 1 aromatic heterocycles. The summed E-state index contributed by atoms with van der Waals surface area (Å²) >= 11 is 1.33. The summed E-state index contributed by atoms with van der Waals surface area (Å²) in [6, 6.07) is 7.75. The Bertz CT molecular complexity index is 1180. The molecule has 1 aliphatic carbocycles. The van der Waals surface area contributed by atoms with E-state index in [0.717, 1.165) is 30.6 Å². The minimum absolute atomic E-state index is 0.0652. The first kappa shape index (κ1) is 31.3. The van der Waals surface area contributed by atoms with Crippen LogP contribution in [0, 0.1) is 11.8 Å². The molecule has 1 aliphatic heterocycles. The fourth-order valence-electron chi connectivity index (χ4n) is 5.76. The van der Waals surface area contributed by atoms with E-state index >= 15 is 0 Å². The molecule has 1 N–H and O–H groups in total. The van der Waals surface area contributed by atoms with Gasteiger partial charge in [0.15, 0.2) is 5.06 Å².